The molecular formula is C25H53N3O. The molecule has 174 valence electrons. The highest BCUT2D eigenvalue weighted by molar-refractivity contribution is 5.81. The van der Waals surface area contributed by atoms with Gasteiger partial charge in [-0.1, -0.05) is 85.5 Å². The molecule has 0 aromatic heterocycles. The molecule has 0 aliphatic heterocycles. The fourth-order valence-electron chi connectivity index (χ4n) is 3.99. The molecule has 0 fully saturated rings. The van der Waals surface area contributed by atoms with E-state index in [9.17, 15) is 4.79 Å². The van der Waals surface area contributed by atoms with Gasteiger partial charge in [-0.15, -0.1) is 0 Å². The van der Waals surface area contributed by atoms with Gasteiger partial charge >= 0.3 is 0 Å². The minimum atomic E-state index is -0.0466. The summed E-state index contributed by atoms with van der Waals surface area (Å²) in [6.07, 6.45) is 18.3. The Morgan fingerprint density at radius 3 is 1.59 bits per heavy atom. The van der Waals surface area contributed by atoms with Crippen molar-refractivity contribution in [2.75, 3.05) is 13.6 Å². The lowest BCUT2D eigenvalue weighted by atomic mass is 10.0. The number of likely N-dealkylation sites (N-methyl/N-ethyl adjacent to an activating group) is 1. The molecule has 1 amide bonds. The summed E-state index contributed by atoms with van der Waals surface area (Å²) in [5.41, 5.74) is 0. The molecule has 4 heteroatoms. The van der Waals surface area contributed by atoms with Gasteiger partial charge in [-0.05, 0) is 45.1 Å². The molecule has 0 spiro atoms. The first-order valence-corrected chi connectivity index (χ1v) is 12.8. The fraction of sp³-hybridized carbons (Fsp3) is 0.960. The van der Waals surface area contributed by atoms with Crippen LogP contribution in [0.25, 0.3) is 0 Å². The van der Waals surface area contributed by atoms with Crippen LogP contribution in [0, 0.1) is 0 Å². The molecular weight excluding hydrogens is 358 g/mol. The van der Waals surface area contributed by atoms with E-state index in [4.69, 9.17) is 0 Å². The monoisotopic (exact) mass is 411 g/mol. The molecule has 4 nitrogen and oxygen atoms in total. The highest BCUT2D eigenvalue weighted by Gasteiger charge is 2.20. The molecule has 0 aliphatic rings. The minimum Gasteiger partial charge on any atom is -0.358 e. The number of nitrogens with one attached hydrogen (secondary N) is 3. The molecule has 0 saturated carbocycles. The molecule has 0 unspecified atom stereocenters. The van der Waals surface area contributed by atoms with Gasteiger partial charge in [0.25, 0.3) is 0 Å². The summed E-state index contributed by atoms with van der Waals surface area (Å²) in [7, 11) is 1.76. The lowest BCUT2D eigenvalue weighted by Crippen LogP contribution is -2.47. The van der Waals surface area contributed by atoms with Gasteiger partial charge in [-0.3, -0.25) is 4.79 Å². The van der Waals surface area contributed by atoms with E-state index in [1.165, 1.54) is 77.0 Å². The third-order valence-electron chi connectivity index (χ3n) is 5.98. The van der Waals surface area contributed by atoms with Crippen LogP contribution in [0.2, 0.25) is 0 Å². The summed E-state index contributed by atoms with van der Waals surface area (Å²) >= 11 is 0. The van der Waals surface area contributed by atoms with Crippen molar-refractivity contribution in [2.45, 2.75) is 142 Å². The van der Waals surface area contributed by atoms with Crippen molar-refractivity contribution in [1.82, 2.24) is 16.0 Å². The zero-order valence-corrected chi connectivity index (χ0v) is 20.5. The lowest BCUT2D eigenvalue weighted by Gasteiger charge is -2.25. The van der Waals surface area contributed by atoms with E-state index in [1.807, 2.05) is 0 Å². The standard InChI is InChI=1S/C25H53N3O/c1-6-10-16-22(17-11-7-2)27-21-15-14-20-24(25(29)26-5)28-23(18-12-8-3)19-13-9-4/h22-24,27-28H,6-21H2,1-5H3,(H,26,29)/t24-/m1/s1. The van der Waals surface area contributed by atoms with Crippen LogP contribution in [0.15, 0.2) is 0 Å². The number of unbranched alkanes of at least 4 members (excludes halogenated alkanes) is 5. The Morgan fingerprint density at radius 1 is 0.655 bits per heavy atom. The Morgan fingerprint density at radius 2 is 1.14 bits per heavy atom. The highest BCUT2D eigenvalue weighted by atomic mass is 16.2. The van der Waals surface area contributed by atoms with E-state index in [0.29, 0.717) is 12.1 Å². The van der Waals surface area contributed by atoms with Crippen LogP contribution in [-0.2, 0) is 4.79 Å². The van der Waals surface area contributed by atoms with Crippen molar-refractivity contribution >= 4 is 5.91 Å². The van der Waals surface area contributed by atoms with Gasteiger partial charge in [-0.2, -0.15) is 0 Å². The Bertz CT molecular complexity index is 346. The minimum absolute atomic E-state index is 0.0466. The number of rotatable bonds is 21. The predicted octanol–water partition coefficient (Wildman–Crippen LogP) is 5.95. The third-order valence-corrected chi connectivity index (χ3v) is 5.98. The summed E-state index contributed by atoms with van der Waals surface area (Å²) in [4.78, 5) is 12.4. The van der Waals surface area contributed by atoms with Crippen LogP contribution in [-0.4, -0.2) is 37.6 Å². The maximum atomic E-state index is 12.4. The van der Waals surface area contributed by atoms with Gasteiger partial charge in [0.1, 0.15) is 0 Å². The number of hydrogen-bond acceptors (Lipinski definition) is 3. The molecule has 0 heterocycles. The van der Waals surface area contributed by atoms with E-state index in [1.54, 1.807) is 7.05 Å². The van der Waals surface area contributed by atoms with Crippen molar-refractivity contribution in [2.24, 2.45) is 0 Å². The van der Waals surface area contributed by atoms with E-state index in [2.05, 4.69) is 43.6 Å². The first-order chi connectivity index (χ1) is 14.1. The van der Waals surface area contributed by atoms with Crippen LogP contribution in [0.3, 0.4) is 0 Å². The molecule has 0 radical (unpaired) electrons. The number of carbonyl (C=O) groups is 1. The SMILES string of the molecule is CCCCC(CCCC)NCCCC[C@@H](NC(CCCC)CCCC)C(=O)NC. The first kappa shape index (κ1) is 28.4. The summed E-state index contributed by atoms with van der Waals surface area (Å²) in [5.74, 6) is 0.153. The maximum Gasteiger partial charge on any atom is 0.236 e. The van der Waals surface area contributed by atoms with Crippen molar-refractivity contribution in [3.8, 4) is 0 Å². The van der Waals surface area contributed by atoms with E-state index >= 15 is 0 Å². The zero-order valence-electron chi connectivity index (χ0n) is 20.5. The lowest BCUT2D eigenvalue weighted by molar-refractivity contribution is -0.123. The Hall–Kier alpha value is -0.610. The Balaban J connectivity index is 4.39. The normalized spacial score (nSPS) is 12.7. The van der Waals surface area contributed by atoms with Crippen molar-refractivity contribution < 1.29 is 4.79 Å². The van der Waals surface area contributed by atoms with Crippen LogP contribution in [0.1, 0.15) is 124 Å². The summed E-state index contributed by atoms with van der Waals surface area (Å²) in [5, 5.41) is 10.4. The predicted molar refractivity (Wildman–Crippen MR) is 129 cm³/mol. The maximum absolute atomic E-state index is 12.4. The van der Waals surface area contributed by atoms with Crippen LogP contribution in [0.4, 0.5) is 0 Å². The molecule has 0 aromatic rings. The molecule has 3 N–H and O–H groups in total. The average molecular weight is 412 g/mol. The van der Waals surface area contributed by atoms with Gasteiger partial charge in [0.2, 0.25) is 5.91 Å². The van der Waals surface area contributed by atoms with Gasteiger partial charge in [-0.25, -0.2) is 0 Å². The second-order valence-electron chi connectivity index (χ2n) is 8.75. The van der Waals surface area contributed by atoms with Gasteiger partial charge in [0.05, 0.1) is 6.04 Å². The largest absolute Gasteiger partial charge is 0.358 e. The smallest absolute Gasteiger partial charge is 0.236 e. The van der Waals surface area contributed by atoms with Crippen molar-refractivity contribution in [1.29, 1.82) is 0 Å². The van der Waals surface area contributed by atoms with Gasteiger partial charge < -0.3 is 16.0 Å². The van der Waals surface area contributed by atoms with Crippen LogP contribution < -0.4 is 16.0 Å². The molecule has 0 aromatic carbocycles. The Kier molecular flexibility index (Phi) is 20.2. The quantitative estimate of drug-likeness (QED) is 0.205. The van der Waals surface area contributed by atoms with E-state index < -0.39 is 0 Å². The summed E-state index contributed by atoms with van der Waals surface area (Å²) < 4.78 is 0. The molecule has 1 atom stereocenters. The topological polar surface area (TPSA) is 53.2 Å². The van der Waals surface area contributed by atoms with E-state index in [-0.39, 0.29) is 11.9 Å². The highest BCUT2D eigenvalue weighted by Crippen LogP contribution is 2.13. The van der Waals surface area contributed by atoms with Crippen LogP contribution in [0.5, 0.6) is 0 Å². The number of carbonyl (C=O) groups excluding carboxylic acids is 1. The average Bonchev–Trinajstić information content (AvgIpc) is 2.74. The third kappa shape index (κ3) is 15.8. The fourth-order valence-corrected chi connectivity index (χ4v) is 3.99. The summed E-state index contributed by atoms with van der Waals surface area (Å²) in [6, 6.07) is 1.10. The van der Waals surface area contributed by atoms with Crippen molar-refractivity contribution in [3.63, 3.8) is 0 Å². The second kappa shape index (κ2) is 20.7. The molecule has 0 bridgehead atoms. The zero-order chi connectivity index (χ0) is 21.7. The molecule has 0 aliphatic carbocycles. The molecule has 0 rings (SSSR count). The molecule has 0 saturated heterocycles. The molecule has 29 heavy (non-hydrogen) atoms. The van der Waals surface area contributed by atoms with E-state index in [0.717, 1.165) is 25.8 Å². The Labute approximate surface area is 182 Å². The second-order valence-corrected chi connectivity index (χ2v) is 8.75. The van der Waals surface area contributed by atoms with Crippen molar-refractivity contribution in [3.05, 3.63) is 0 Å². The van der Waals surface area contributed by atoms with Crippen LogP contribution >= 0.6 is 0 Å². The van der Waals surface area contributed by atoms with Gasteiger partial charge in [0, 0.05) is 19.1 Å². The summed E-state index contributed by atoms with van der Waals surface area (Å²) in [6.45, 7) is 10.1. The number of hydrogen-bond donors (Lipinski definition) is 3. The first-order valence-electron chi connectivity index (χ1n) is 12.8. The van der Waals surface area contributed by atoms with Gasteiger partial charge in [0.15, 0.2) is 0 Å². The number of amides is 1.